The van der Waals surface area contributed by atoms with Gasteiger partial charge in [0.1, 0.15) is 13.6 Å². The SMILES string of the molecule is Bc1ccc2c(c1)C(=O)CCCO2. The Morgan fingerprint density at radius 2 is 2.23 bits per heavy atom. The summed E-state index contributed by atoms with van der Waals surface area (Å²) < 4.78 is 5.45. The van der Waals surface area contributed by atoms with Crippen LogP contribution in [0, 0.1) is 0 Å². The molecule has 0 bridgehead atoms. The molecule has 0 unspecified atom stereocenters. The van der Waals surface area contributed by atoms with Crippen LogP contribution in [0.2, 0.25) is 0 Å². The molecule has 0 saturated heterocycles. The van der Waals surface area contributed by atoms with Gasteiger partial charge in [-0.2, -0.15) is 0 Å². The van der Waals surface area contributed by atoms with Crippen molar-refractivity contribution in [3.05, 3.63) is 23.8 Å². The minimum absolute atomic E-state index is 0.205. The molecule has 0 aliphatic carbocycles. The van der Waals surface area contributed by atoms with Gasteiger partial charge in [-0.25, -0.2) is 0 Å². The monoisotopic (exact) mass is 174 g/mol. The minimum Gasteiger partial charge on any atom is -0.493 e. The van der Waals surface area contributed by atoms with Crippen molar-refractivity contribution in [2.75, 3.05) is 6.61 Å². The Bertz CT molecular complexity index is 347. The number of fused-ring (bicyclic) bond motifs is 1. The first-order valence-corrected chi connectivity index (χ1v) is 4.54. The molecule has 2 nitrogen and oxygen atoms in total. The van der Waals surface area contributed by atoms with Crippen LogP contribution in [-0.4, -0.2) is 20.2 Å². The maximum Gasteiger partial charge on any atom is 0.166 e. The van der Waals surface area contributed by atoms with Gasteiger partial charge in [0.15, 0.2) is 5.78 Å². The summed E-state index contributed by atoms with van der Waals surface area (Å²) in [6.45, 7) is 0.655. The fourth-order valence-electron chi connectivity index (χ4n) is 1.54. The fourth-order valence-corrected chi connectivity index (χ4v) is 1.54. The first kappa shape index (κ1) is 8.36. The zero-order chi connectivity index (χ0) is 9.26. The molecule has 66 valence electrons. The van der Waals surface area contributed by atoms with Crippen LogP contribution in [0.3, 0.4) is 0 Å². The number of benzene rings is 1. The summed E-state index contributed by atoms with van der Waals surface area (Å²) in [7, 11) is 1.98. The predicted molar refractivity (Wildman–Crippen MR) is 53.7 cm³/mol. The van der Waals surface area contributed by atoms with Gasteiger partial charge in [0, 0.05) is 6.42 Å². The van der Waals surface area contributed by atoms with E-state index in [2.05, 4.69) is 0 Å². The maximum atomic E-state index is 11.6. The van der Waals surface area contributed by atoms with Crippen LogP contribution in [0.1, 0.15) is 23.2 Å². The molecule has 0 amide bonds. The van der Waals surface area contributed by atoms with Crippen molar-refractivity contribution in [2.45, 2.75) is 12.8 Å². The molecule has 1 aromatic carbocycles. The minimum atomic E-state index is 0.205. The van der Waals surface area contributed by atoms with E-state index >= 15 is 0 Å². The molecular weight excluding hydrogens is 163 g/mol. The second kappa shape index (κ2) is 3.25. The molecule has 0 N–H and O–H groups in total. The van der Waals surface area contributed by atoms with Crippen molar-refractivity contribution in [1.29, 1.82) is 0 Å². The third-order valence-corrected chi connectivity index (χ3v) is 2.24. The number of Topliss-reactive ketones (excluding diaryl/α,β-unsaturated/α-hetero) is 1. The molecule has 0 atom stereocenters. The lowest BCUT2D eigenvalue weighted by atomic mass is 9.92. The van der Waals surface area contributed by atoms with Crippen LogP contribution in [0.5, 0.6) is 5.75 Å². The highest BCUT2D eigenvalue weighted by Crippen LogP contribution is 2.22. The highest BCUT2D eigenvalue weighted by Gasteiger charge is 2.15. The van der Waals surface area contributed by atoms with Gasteiger partial charge in [-0.15, -0.1) is 0 Å². The molecule has 0 aromatic heterocycles. The number of carbonyl (C=O) groups excluding carboxylic acids is 1. The van der Waals surface area contributed by atoms with Gasteiger partial charge in [0.05, 0.1) is 12.2 Å². The normalized spacial score (nSPS) is 15.8. The number of ether oxygens (including phenoxy) is 1. The van der Waals surface area contributed by atoms with Gasteiger partial charge >= 0.3 is 0 Å². The van der Waals surface area contributed by atoms with Gasteiger partial charge in [-0.05, 0) is 12.5 Å². The van der Waals surface area contributed by atoms with Gasteiger partial charge < -0.3 is 4.74 Å². The molecule has 0 radical (unpaired) electrons. The quantitative estimate of drug-likeness (QED) is 0.528. The summed E-state index contributed by atoms with van der Waals surface area (Å²) in [5.41, 5.74) is 1.86. The third-order valence-electron chi connectivity index (χ3n) is 2.24. The Morgan fingerprint density at radius 1 is 1.38 bits per heavy atom. The van der Waals surface area contributed by atoms with E-state index in [4.69, 9.17) is 4.74 Å². The maximum absolute atomic E-state index is 11.6. The van der Waals surface area contributed by atoms with Gasteiger partial charge in [0.25, 0.3) is 0 Å². The first-order valence-electron chi connectivity index (χ1n) is 4.54. The van der Waals surface area contributed by atoms with Crippen molar-refractivity contribution < 1.29 is 9.53 Å². The highest BCUT2D eigenvalue weighted by atomic mass is 16.5. The average Bonchev–Trinajstić information content (AvgIpc) is 2.29. The van der Waals surface area contributed by atoms with Crippen molar-refractivity contribution in [3.63, 3.8) is 0 Å². The summed E-state index contributed by atoms with van der Waals surface area (Å²) in [4.78, 5) is 11.6. The van der Waals surface area contributed by atoms with Crippen molar-refractivity contribution in [2.24, 2.45) is 0 Å². The lowest BCUT2D eigenvalue weighted by Gasteiger charge is -2.05. The van der Waals surface area contributed by atoms with Crippen molar-refractivity contribution in [1.82, 2.24) is 0 Å². The van der Waals surface area contributed by atoms with Crippen LogP contribution in [-0.2, 0) is 0 Å². The smallest absolute Gasteiger partial charge is 0.166 e. The summed E-state index contributed by atoms with van der Waals surface area (Å²) in [6, 6.07) is 5.76. The highest BCUT2D eigenvalue weighted by molar-refractivity contribution is 6.32. The summed E-state index contributed by atoms with van der Waals surface area (Å²) in [6.07, 6.45) is 1.43. The van der Waals surface area contributed by atoms with E-state index in [-0.39, 0.29) is 5.78 Å². The van der Waals surface area contributed by atoms with Crippen molar-refractivity contribution in [3.8, 4) is 5.75 Å². The predicted octanol–water partition coefficient (Wildman–Crippen LogP) is 0.300. The lowest BCUT2D eigenvalue weighted by molar-refractivity contribution is 0.0983. The second-order valence-electron chi connectivity index (χ2n) is 3.37. The Balaban J connectivity index is 2.49. The fraction of sp³-hybridized carbons (Fsp3) is 0.300. The van der Waals surface area contributed by atoms with Crippen LogP contribution in [0.15, 0.2) is 18.2 Å². The standard InChI is InChI=1S/C10H11BO2/c11-7-3-4-10-8(6-7)9(12)2-1-5-13-10/h3-4,6H,1-2,5,11H2. The van der Waals surface area contributed by atoms with Gasteiger partial charge in [-0.1, -0.05) is 17.6 Å². The first-order chi connectivity index (χ1) is 6.27. The molecule has 1 aliphatic heterocycles. The Morgan fingerprint density at radius 3 is 3.08 bits per heavy atom. The second-order valence-corrected chi connectivity index (χ2v) is 3.37. The zero-order valence-electron chi connectivity index (χ0n) is 7.67. The van der Waals surface area contributed by atoms with Gasteiger partial charge in [-0.3, -0.25) is 4.79 Å². The molecule has 0 spiro atoms. The van der Waals surface area contributed by atoms with E-state index in [0.717, 1.165) is 23.2 Å². The van der Waals surface area contributed by atoms with Crippen LogP contribution in [0.25, 0.3) is 0 Å². The van der Waals surface area contributed by atoms with Crippen molar-refractivity contribution >= 4 is 19.1 Å². The number of rotatable bonds is 0. The van der Waals surface area contributed by atoms with E-state index in [1.54, 1.807) is 0 Å². The largest absolute Gasteiger partial charge is 0.493 e. The number of ketones is 1. The molecule has 0 saturated carbocycles. The Labute approximate surface area is 78.3 Å². The zero-order valence-corrected chi connectivity index (χ0v) is 7.67. The van der Waals surface area contributed by atoms with E-state index in [0.29, 0.717) is 13.0 Å². The Hall–Kier alpha value is -1.25. The molecular formula is C10H11BO2. The number of carbonyl (C=O) groups is 1. The molecule has 0 fully saturated rings. The van der Waals surface area contributed by atoms with Crippen LogP contribution >= 0.6 is 0 Å². The summed E-state index contributed by atoms with van der Waals surface area (Å²) in [5, 5.41) is 0. The molecule has 1 aliphatic rings. The average molecular weight is 174 g/mol. The van der Waals surface area contributed by atoms with E-state index in [9.17, 15) is 4.79 Å². The lowest BCUT2D eigenvalue weighted by Crippen LogP contribution is -2.07. The number of hydrogen-bond acceptors (Lipinski definition) is 2. The third kappa shape index (κ3) is 1.59. The summed E-state index contributed by atoms with van der Waals surface area (Å²) in [5.74, 6) is 0.948. The van der Waals surface area contributed by atoms with E-state index < -0.39 is 0 Å². The molecule has 3 heteroatoms. The molecule has 1 heterocycles. The van der Waals surface area contributed by atoms with Crippen LogP contribution < -0.4 is 10.2 Å². The molecule has 1 aromatic rings. The topological polar surface area (TPSA) is 26.3 Å². The van der Waals surface area contributed by atoms with E-state index in [1.807, 2.05) is 26.0 Å². The van der Waals surface area contributed by atoms with Crippen LogP contribution in [0.4, 0.5) is 0 Å². The summed E-state index contributed by atoms with van der Waals surface area (Å²) >= 11 is 0. The van der Waals surface area contributed by atoms with E-state index in [1.165, 1.54) is 0 Å². The van der Waals surface area contributed by atoms with Gasteiger partial charge in [0.2, 0.25) is 0 Å². The molecule has 13 heavy (non-hydrogen) atoms. The number of hydrogen-bond donors (Lipinski definition) is 0. The Kier molecular flexibility index (Phi) is 2.09. The molecule has 2 rings (SSSR count).